The number of hydrogen-bond acceptors (Lipinski definition) is 4. The zero-order chi connectivity index (χ0) is 21.8. The number of halogens is 2. The number of nitrogens with zero attached hydrogens (tertiary/aromatic N) is 1. The van der Waals surface area contributed by atoms with E-state index < -0.39 is 0 Å². The summed E-state index contributed by atoms with van der Waals surface area (Å²) in [7, 11) is 0. The lowest BCUT2D eigenvalue weighted by Gasteiger charge is -2.14. The van der Waals surface area contributed by atoms with Gasteiger partial charge in [-0.2, -0.15) is 0 Å². The normalized spacial score (nSPS) is 15.0. The molecule has 0 aromatic heterocycles. The highest BCUT2D eigenvalue weighted by atomic mass is 127. The molecule has 0 N–H and O–H groups in total. The predicted molar refractivity (Wildman–Crippen MR) is 148 cm³/mol. The molecule has 1 saturated heterocycles. The minimum Gasteiger partial charge on any atom is -0.487 e. The van der Waals surface area contributed by atoms with Gasteiger partial charge in [0.15, 0.2) is 0 Å². The Kier molecular flexibility index (Phi) is 7.68. The van der Waals surface area contributed by atoms with Crippen LogP contribution < -0.4 is 4.74 Å². The molecule has 0 spiro atoms. The average Bonchev–Trinajstić information content (AvgIpc) is 3.02. The first-order valence-electron chi connectivity index (χ1n) is 9.46. The van der Waals surface area contributed by atoms with Crippen LogP contribution in [0.5, 0.6) is 5.75 Å². The molecule has 1 amide bonds. The van der Waals surface area contributed by atoms with Crippen LogP contribution in [0.1, 0.15) is 16.7 Å². The van der Waals surface area contributed by atoms with E-state index in [0.717, 1.165) is 29.6 Å². The molecule has 0 atom stereocenters. The van der Waals surface area contributed by atoms with Gasteiger partial charge >= 0.3 is 0 Å². The third-order valence-corrected chi connectivity index (χ3v) is 7.58. The molecule has 7 heteroatoms. The van der Waals surface area contributed by atoms with Gasteiger partial charge in [-0.05, 0) is 80.1 Å². The number of thiocarbonyl (C=S) groups is 1. The highest BCUT2D eigenvalue weighted by molar-refractivity contribution is 14.1. The zero-order valence-corrected chi connectivity index (χ0v) is 22.2. The molecular formula is C24H17I2NO2S2. The van der Waals surface area contributed by atoms with Crippen molar-refractivity contribution in [2.75, 3.05) is 0 Å². The summed E-state index contributed by atoms with van der Waals surface area (Å²) >= 11 is 11.4. The molecule has 31 heavy (non-hydrogen) atoms. The summed E-state index contributed by atoms with van der Waals surface area (Å²) in [6, 6.07) is 24.1. The number of carbonyl (C=O) groups is 1. The molecule has 0 radical (unpaired) electrons. The van der Waals surface area contributed by atoms with Gasteiger partial charge in [0.1, 0.15) is 16.7 Å². The fourth-order valence-corrected chi connectivity index (χ4v) is 6.47. The van der Waals surface area contributed by atoms with Crippen LogP contribution in [-0.2, 0) is 17.9 Å². The van der Waals surface area contributed by atoms with Crippen LogP contribution in [0.25, 0.3) is 6.08 Å². The van der Waals surface area contributed by atoms with E-state index in [2.05, 4.69) is 45.2 Å². The second kappa shape index (κ2) is 10.5. The van der Waals surface area contributed by atoms with Crippen LogP contribution in [0.3, 0.4) is 0 Å². The number of carbonyl (C=O) groups excluding carboxylic acids is 1. The highest BCUT2D eigenvalue weighted by Gasteiger charge is 2.32. The van der Waals surface area contributed by atoms with Crippen molar-refractivity contribution in [1.82, 2.24) is 4.90 Å². The highest BCUT2D eigenvalue weighted by Crippen LogP contribution is 2.36. The van der Waals surface area contributed by atoms with Crippen LogP contribution in [0.4, 0.5) is 0 Å². The molecule has 4 rings (SSSR count). The van der Waals surface area contributed by atoms with Gasteiger partial charge in [-0.1, -0.05) is 84.6 Å². The van der Waals surface area contributed by atoms with E-state index in [1.54, 1.807) is 4.90 Å². The third-order valence-electron chi connectivity index (χ3n) is 4.60. The largest absolute Gasteiger partial charge is 0.487 e. The first-order valence-corrected chi connectivity index (χ1v) is 12.8. The number of rotatable bonds is 6. The Hall–Kier alpha value is -1.43. The summed E-state index contributed by atoms with van der Waals surface area (Å²) in [4.78, 5) is 15.2. The maximum absolute atomic E-state index is 12.9. The molecule has 1 aliphatic heterocycles. The number of amides is 1. The number of ether oxygens (including phenoxy) is 1. The molecule has 0 unspecified atom stereocenters. The Labute approximate surface area is 218 Å². The molecule has 1 fully saturated rings. The molecule has 1 aliphatic rings. The second-order valence-corrected chi connectivity index (χ2v) is 10.8. The van der Waals surface area contributed by atoms with E-state index in [1.807, 2.05) is 78.9 Å². The van der Waals surface area contributed by atoms with Crippen molar-refractivity contribution in [3.05, 3.63) is 102 Å². The molecule has 0 aliphatic carbocycles. The summed E-state index contributed by atoms with van der Waals surface area (Å²) in [5.41, 5.74) is 3.14. The molecule has 1 heterocycles. The van der Waals surface area contributed by atoms with E-state index in [4.69, 9.17) is 17.0 Å². The van der Waals surface area contributed by atoms with Crippen LogP contribution in [0, 0.1) is 7.14 Å². The van der Waals surface area contributed by atoms with Gasteiger partial charge in [-0.15, -0.1) is 0 Å². The van der Waals surface area contributed by atoms with E-state index >= 15 is 0 Å². The lowest BCUT2D eigenvalue weighted by atomic mass is 10.2. The van der Waals surface area contributed by atoms with Gasteiger partial charge < -0.3 is 4.74 Å². The van der Waals surface area contributed by atoms with Crippen molar-refractivity contribution in [1.29, 1.82) is 0 Å². The van der Waals surface area contributed by atoms with Crippen LogP contribution in [0.15, 0.2) is 77.7 Å². The average molecular weight is 669 g/mol. The van der Waals surface area contributed by atoms with Gasteiger partial charge in [-0.25, -0.2) is 0 Å². The van der Waals surface area contributed by atoms with Crippen molar-refractivity contribution < 1.29 is 9.53 Å². The Balaban J connectivity index is 1.50. The second-order valence-electron chi connectivity index (χ2n) is 6.84. The molecule has 3 nitrogen and oxygen atoms in total. The lowest BCUT2D eigenvalue weighted by Crippen LogP contribution is -2.27. The Morgan fingerprint density at radius 2 is 1.52 bits per heavy atom. The molecule has 3 aromatic rings. The zero-order valence-electron chi connectivity index (χ0n) is 16.3. The van der Waals surface area contributed by atoms with E-state index in [1.165, 1.54) is 11.8 Å². The molecule has 156 valence electrons. The van der Waals surface area contributed by atoms with E-state index in [0.29, 0.717) is 22.4 Å². The van der Waals surface area contributed by atoms with Crippen LogP contribution >= 0.6 is 69.2 Å². The van der Waals surface area contributed by atoms with Crippen molar-refractivity contribution >= 4 is 85.5 Å². The molecule has 3 aromatic carbocycles. The van der Waals surface area contributed by atoms with Crippen molar-refractivity contribution in [2.24, 2.45) is 0 Å². The summed E-state index contributed by atoms with van der Waals surface area (Å²) < 4.78 is 8.67. The van der Waals surface area contributed by atoms with Gasteiger partial charge in [0, 0.05) is 0 Å². The van der Waals surface area contributed by atoms with Gasteiger partial charge in [0.05, 0.1) is 18.6 Å². The first-order chi connectivity index (χ1) is 15.0. The summed E-state index contributed by atoms with van der Waals surface area (Å²) in [5, 5.41) is 0. The summed E-state index contributed by atoms with van der Waals surface area (Å²) in [6.07, 6.45) is 1.91. The molecule has 0 saturated carbocycles. The Morgan fingerprint density at radius 3 is 2.13 bits per heavy atom. The topological polar surface area (TPSA) is 29.5 Å². The standard InChI is InChI=1S/C24H17I2NO2S2/c25-19-11-18(12-20(26)22(19)29-15-17-9-5-2-6-10-17)13-21-23(28)27(24(30)31-21)14-16-7-3-1-4-8-16/h1-13H,14-15H2/b21-13-. The van der Waals surface area contributed by atoms with Crippen molar-refractivity contribution in [3.8, 4) is 5.75 Å². The van der Waals surface area contributed by atoms with Crippen molar-refractivity contribution in [2.45, 2.75) is 13.2 Å². The van der Waals surface area contributed by atoms with Crippen LogP contribution in [-0.4, -0.2) is 15.1 Å². The summed E-state index contributed by atoms with van der Waals surface area (Å²) in [6.45, 7) is 1.01. The quantitative estimate of drug-likeness (QED) is 0.163. The number of benzene rings is 3. The maximum Gasteiger partial charge on any atom is 0.266 e. The monoisotopic (exact) mass is 669 g/mol. The minimum absolute atomic E-state index is 0.0479. The van der Waals surface area contributed by atoms with E-state index in [9.17, 15) is 4.79 Å². The maximum atomic E-state index is 12.9. The molecular weight excluding hydrogens is 652 g/mol. The summed E-state index contributed by atoms with van der Waals surface area (Å²) in [5.74, 6) is 0.812. The Bertz CT molecular complexity index is 1130. The predicted octanol–water partition coefficient (Wildman–Crippen LogP) is 6.88. The SMILES string of the molecule is O=C1/C(=C/c2cc(I)c(OCc3ccccc3)c(I)c2)SC(=S)N1Cc1ccccc1. The smallest absolute Gasteiger partial charge is 0.266 e. The van der Waals surface area contributed by atoms with Crippen LogP contribution in [0.2, 0.25) is 0 Å². The fourth-order valence-electron chi connectivity index (χ4n) is 3.08. The Morgan fingerprint density at radius 1 is 0.935 bits per heavy atom. The fraction of sp³-hybridized carbons (Fsp3) is 0.0833. The first kappa shape index (κ1) is 22.8. The minimum atomic E-state index is -0.0479. The number of hydrogen-bond donors (Lipinski definition) is 0. The van der Waals surface area contributed by atoms with Gasteiger partial charge in [0.2, 0.25) is 0 Å². The third kappa shape index (κ3) is 5.68. The lowest BCUT2D eigenvalue weighted by molar-refractivity contribution is -0.122. The molecule has 0 bridgehead atoms. The van der Waals surface area contributed by atoms with Crippen molar-refractivity contribution in [3.63, 3.8) is 0 Å². The number of thioether (sulfide) groups is 1. The van der Waals surface area contributed by atoms with Gasteiger partial charge in [0.25, 0.3) is 5.91 Å². The van der Waals surface area contributed by atoms with Gasteiger partial charge in [-0.3, -0.25) is 9.69 Å². The van der Waals surface area contributed by atoms with E-state index in [-0.39, 0.29) is 5.91 Å².